The number of aryl methyl sites for hydroxylation is 1. The maximum absolute atomic E-state index is 5.47. The predicted octanol–water partition coefficient (Wildman–Crippen LogP) is 3.80. The van der Waals surface area contributed by atoms with Gasteiger partial charge in [0.05, 0.1) is 11.0 Å². The van der Waals surface area contributed by atoms with Gasteiger partial charge in [-0.3, -0.25) is 4.98 Å². The van der Waals surface area contributed by atoms with Crippen LogP contribution in [0.25, 0.3) is 0 Å². The van der Waals surface area contributed by atoms with Gasteiger partial charge in [0.15, 0.2) is 4.67 Å². The van der Waals surface area contributed by atoms with Gasteiger partial charge in [-0.25, -0.2) is 0 Å². The van der Waals surface area contributed by atoms with Crippen LogP contribution in [0.4, 0.5) is 0 Å². The minimum absolute atomic E-state index is 0.693. The van der Waals surface area contributed by atoms with E-state index in [1.807, 2.05) is 18.3 Å². The molecule has 0 fully saturated rings. The Labute approximate surface area is 117 Å². The van der Waals surface area contributed by atoms with E-state index in [0.29, 0.717) is 6.54 Å². The van der Waals surface area contributed by atoms with Crippen molar-refractivity contribution < 1.29 is 4.42 Å². The summed E-state index contributed by atoms with van der Waals surface area (Å²) in [5.74, 6) is 0.894. The third-order valence-corrected chi connectivity index (χ3v) is 4.17. The van der Waals surface area contributed by atoms with E-state index in [1.165, 1.54) is 11.1 Å². The molecule has 17 heavy (non-hydrogen) atoms. The zero-order chi connectivity index (χ0) is 12.3. The number of furan rings is 1. The summed E-state index contributed by atoms with van der Waals surface area (Å²) in [5, 5.41) is 3.32. The van der Waals surface area contributed by atoms with Crippen LogP contribution in [0.2, 0.25) is 0 Å². The second kappa shape index (κ2) is 5.80. The van der Waals surface area contributed by atoms with Crippen LogP contribution < -0.4 is 5.32 Å². The molecule has 0 aromatic carbocycles. The number of pyridine rings is 1. The second-order valence-corrected chi connectivity index (χ2v) is 5.31. The molecule has 2 aromatic heterocycles. The van der Waals surface area contributed by atoms with Crippen LogP contribution in [0.15, 0.2) is 38.1 Å². The van der Waals surface area contributed by atoms with Gasteiger partial charge in [0, 0.05) is 18.9 Å². The van der Waals surface area contributed by atoms with Gasteiger partial charge < -0.3 is 9.73 Å². The molecule has 0 unspecified atom stereocenters. The fourth-order valence-electron chi connectivity index (χ4n) is 1.48. The monoisotopic (exact) mass is 358 g/mol. The van der Waals surface area contributed by atoms with Gasteiger partial charge in [-0.15, -0.1) is 0 Å². The standard InChI is InChI=1S/C12H12Br2N2O/c1-8-2-3-15-5-9(8)6-16-7-10-4-11(13)12(14)17-10/h2-5,16H,6-7H2,1H3. The molecule has 0 aliphatic carbocycles. The molecule has 0 aliphatic heterocycles. The van der Waals surface area contributed by atoms with E-state index in [1.54, 1.807) is 6.20 Å². The first-order valence-electron chi connectivity index (χ1n) is 5.20. The Morgan fingerprint density at radius 3 is 2.82 bits per heavy atom. The lowest BCUT2D eigenvalue weighted by molar-refractivity contribution is 0.464. The van der Waals surface area contributed by atoms with Crippen LogP contribution in [0.1, 0.15) is 16.9 Å². The number of halogens is 2. The molecule has 0 radical (unpaired) electrons. The molecule has 0 saturated heterocycles. The molecule has 2 aromatic rings. The highest BCUT2D eigenvalue weighted by Gasteiger charge is 2.05. The van der Waals surface area contributed by atoms with Gasteiger partial charge in [0.2, 0.25) is 0 Å². The highest BCUT2D eigenvalue weighted by atomic mass is 79.9. The minimum Gasteiger partial charge on any atom is -0.452 e. The van der Waals surface area contributed by atoms with Crippen molar-refractivity contribution in [1.29, 1.82) is 0 Å². The molecule has 2 rings (SSSR count). The summed E-state index contributed by atoms with van der Waals surface area (Å²) in [4.78, 5) is 4.11. The van der Waals surface area contributed by atoms with Gasteiger partial charge in [-0.2, -0.15) is 0 Å². The first-order chi connectivity index (χ1) is 8.16. The third kappa shape index (κ3) is 3.40. The largest absolute Gasteiger partial charge is 0.452 e. The highest BCUT2D eigenvalue weighted by Crippen LogP contribution is 2.26. The molecule has 3 nitrogen and oxygen atoms in total. The summed E-state index contributed by atoms with van der Waals surface area (Å²) in [6.45, 7) is 3.56. The Kier molecular flexibility index (Phi) is 4.36. The molecule has 90 valence electrons. The fraction of sp³-hybridized carbons (Fsp3) is 0.250. The van der Waals surface area contributed by atoms with Crippen LogP contribution >= 0.6 is 31.9 Å². The zero-order valence-electron chi connectivity index (χ0n) is 9.34. The quantitative estimate of drug-likeness (QED) is 0.902. The van der Waals surface area contributed by atoms with E-state index < -0.39 is 0 Å². The average molecular weight is 360 g/mol. The Hall–Kier alpha value is -0.650. The Morgan fingerprint density at radius 2 is 2.18 bits per heavy atom. The van der Waals surface area contributed by atoms with Crippen molar-refractivity contribution in [2.45, 2.75) is 20.0 Å². The smallest absolute Gasteiger partial charge is 0.183 e. The molecule has 0 spiro atoms. The van der Waals surface area contributed by atoms with E-state index in [4.69, 9.17) is 4.42 Å². The molecule has 2 heterocycles. The first-order valence-corrected chi connectivity index (χ1v) is 6.79. The molecule has 0 amide bonds. The highest BCUT2D eigenvalue weighted by molar-refractivity contribution is 9.13. The third-order valence-electron chi connectivity index (χ3n) is 2.46. The number of nitrogens with zero attached hydrogens (tertiary/aromatic N) is 1. The summed E-state index contributed by atoms with van der Waals surface area (Å²) in [6.07, 6.45) is 3.69. The maximum atomic E-state index is 5.47. The molecule has 0 saturated carbocycles. The lowest BCUT2D eigenvalue weighted by Gasteiger charge is -2.05. The number of nitrogens with one attached hydrogen (secondary N) is 1. The number of aromatic nitrogens is 1. The number of hydrogen-bond donors (Lipinski definition) is 1. The molecule has 0 bridgehead atoms. The minimum atomic E-state index is 0.693. The van der Waals surface area contributed by atoms with Crippen molar-refractivity contribution in [2.24, 2.45) is 0 Å². The van der Waals surface area contributed by atoms with Gasteiger partial charge in [-0.05, 0) is 62.0 Å². The Morgan fingerprint density at radius 1 is 1.35 bits per heavy atom. The van der Waals surface area contributed by atoms with Crippen LogP contribution in [-0.2, 0) is 13.1 Å². The van der Waals surface area contributed by atoms with E-state index in [9.17, 15) is 0 Å². The van der Waals surface area contributed by atoms with Crippen molar-refractivity contribution in [3.05, 3.63) is 50.6 Å². The van der Waals surface area contributed by atoms with Crippen LogP contribution in [0.3, 0.4) is 0 Å². The normalized spacial score (nSPS) is 10.8. The zero-order valence-corrected chi connectivity index (χ0v) is 12.5. The summed E-state index contributed by atoms with van der Waals surface area (Å²) in [5.41, 5.74) is 2.45. The van der Waals surface area contributed by atoms with Crippen molar-refractivity contribution in [1.82, 2.24) is 10.3 Å². The van der Waals surface area contributed by atoms with E-state index >= 15 is 0 Å². The summed E-state index contributed by atoms with van der Waals surface area (Å²) >= 11 is 6.70. The van der Waals surface area contributed by atoms with Gasteiger partial charge in [0.25, 0.3) is 0 Å². The van der Waals surface area contributed by atoms with Crippen molar-refractivity contribution in [3.8, 4) is 0 Å². The molecular formula is C12H12Br2N2O. The lowest BCUT2D eigenvalue weighted by atomic mass is 10.1. The SMILES string of the molecule is Cc1ccncc1CNCc1cc(Br)c(Br)o1. The van der Waals surface area contributed by atoms with Gasteiger partial charge >= 0.3 is 0 Å². The summed E-state index contributed by atoms with van der Waals surface area (Å²) in [6, 6.07) is 3.96. The Balaban J connectivity index is 1.90. The van der Waals surface area contributed by atoms with Crippen molar-refractivity contribution in [3.63, 3.8) is 0 Å². The number of rotatable bonds is 4. The number of hydrogen-bond acceptors (Lipinski definition) is 3. The second-order valence-electron chi connectivity index (χ2n) is 3.74. The average Bonchev–Trinajstić information content (AvgIpc) is 2.61. The van der Waals surface area contributed by atoms with Gasteiger partial charge in [-0.1, -0.05) is 0 Å². The van der Waals surface area contributed by atoms with E-state index in [-0.39, 0.29) is 0 Å². The van der Waals surface area contributed by atoms with Gasteiger partial charge in [0.1, 0.15) is 5.76 Å². The van der Waals surface area contributed by atoms with Crippen molar-refractivity contribution in [2.75, 3.05) is 0 Å². The fourth-order valence-corrected chi connectivity index (χ4v) is 2.14. The van der Waals surface area contributed by atoms with Crippen LogP contribution in [0.5, 0.6) is 0 Å². The van der Waals surface area contributed by atoms with Crippen molar-refractivity contribution >= 4 is 31.9 Å². The van der Waals surface area contributed by atoms with Crippen LogP contribution in [-0.4, -0.2) is 4.98 Å². The summed E-state index contributed by atoms with van der Waals surface area (Å²) in [7, 11) is 0. The molecule has 0 atom stereocenters. The molecule has 1 N–H and O–H groups in total. The molecule has 0 aliphatic rings. The predicted molar refractivity (Wildman–Crippen MR) is 73.6 cm³/mol. The first kappa shape index (κ1) is 12.8. The maximum Gasteiger partial charge on any atom is 0.183 e. The van der Waals surface area contributed by atoms with Crippen LogP contribution in [0, 0.1) is 6.92 Å². The molecule has 5 heteroatoms. The molecular weight excluding hydrogens is 348 g/mol. The van der Waals surface area contributed by atoms with E-state index in [0.717, 1.165) is 21.4 Å². The topological polar surface area (TPSA) is 38.1 Å². The Bertz CT molecular complexity index is 491. The van der Waals surface area contributed by atoms with E-state index in [2.05, 4.69) is 49.1 Å². The lowest BCUT2D eigenvalue weighted by Crippen LogP contribution is -2.13. The summed E-state index contributed by atoms with van der Waals surface area (Å²) < 4.78 is 7.14.